The van der Waals surface area contributed by atoms with Crippen LogP contribution >= 0.6 is 11.3 Å². The maximum absolute atomic E-state index is 11.7. The second-order valence-corrected chi connectivity index (χ2v) is 4.94. The van der Waals surface area contributed by atoms with E-state index in [1.165, 1.54) is 0 Å². The summed E-state index contributed by atoms with van der Waals surface area (Å²) in [4.78, 5) is 24.9. The van der Waals surface area contributed by atoms with E-state index in [0.717, 1.165) is 22.5 Å². The summed E-state index contributed by atoms with van der Waals surface area (Å²) in [5.74, 6) is 0. The van der Waals surface area contributed by atoms with Gasteiger partial charge < -0.3 is 0 Å². The lowest BCUT2D eigenvalue weighted by Crippen LogP contribution is -2.15. The van der Waals surface area contributed by atoms with E-state index in [0.29, 0.717) is 10.1 Å². The van der Waals surface area contributed by atoms with Gasteiger partial charge in [0.2, 0.25) is 0 Å². The minimum atomic E-state index is -0.327. The summed E-state index contributed by atoms with van der Waals surface area (Å²) >= 11 is 1.05. The van der Waals surface area contributed by atoms with Gasteiger partial charge in [0.15, 0.2) is 0 Å². The van der Waals surface area contributed by atoms with Crippen molar-refractivity contribution < 1.29 is 0 Å². The highest BCUT2D eigenvalue weighted by atomic mass is 32.1. The van der Waals surface area contributed by atoms with Gasteiger partial charge in [0.25, 0.3) is 5.56 Å². The number of hydrogen-bond acceptors (Lipinski definition) is 3. The minimum Gasteiger partial charge on any atom is -0.280 e. The zero-order valence-electron chi connectivity index (χ0n) is 9.34. The maximum Gasteiger partial charge on any atom is 0.307 e. The van der Waals surface area contributed by atoms with Gasteiger partial charge in [0.1, 0.15) is 0 Å². The third-order valence-corrected chi connectivity index (χ3v) is 3.61. The van der Waals surface area contributed by atoms with Crippen LogP contribution in [0.1, 0.15) is 0 Å². The molecule has 88 valence electrons. The smallest absolute Gasteiger partial charge is 0.280 e. The molecule has 1 N–H and O–H groups in total. The van der Waals surface area contributed by atoms with E-state index in [1.54, 1.807) is 0 Å². The predicted molar refractivity (Wildman–Crippen MR) is 74.2 cm³/mol. The van der Waals surface area contributed by atoms with Crippen LogP contribution in [0.15, 0.2) is 58.1 Å². The molecule has 0 fully saturated rings. The summed E-state index contributed by atoms with van der Waals surface area (Å²) in [6.07, 6.45) is 0. The molecule has 4 heteroatoms. The van der Waals surface area contributed by atoms with Gasteiger partial charge >= 0.3 is 4.87 Å². The number of hydrogen-bond donors (Lipinski definition) is 1. The average Bonchev–Trinajstić information content (AvgIpc) is 2.39. The van der Waals surface area contributed by atoms with E-state index in [-0.39, 0.29) is 10.4 Å². The van der Waals surface area contributed by atoms with Crippen molar-refractivity contribution in [1.29, 1.82) is 0 Å². The van der Waals surface area contributed by atoms with E-state index in [1.807, 2.05) is 48.5 Å². The lowest BCUT2D eigenvalue weighted by Gasteiger charge is -2.02. The van der Waals surface area contributed by atoms with Crippen molar-refractivity contribution in [2.45, 2.75) is 0 Å². The Hall–Kier alpha value is -2.20. The van der Waals surface area contributed by atoms with E-state index >= 15 is 0 Å². The molecule has 0 unspecified atom stereocenters. The molecule has 0 aliphatic carbocycles. The Morgan fingerprint density at radius 1 is 0.889 bits per heavy atom. The molecule has 0 aliphatic rings. The van der Waals surface area contributed by atoms with Gasteiger partial charge in [-0.25, -0.2) is 0 Å². The zero-order valence-corrected chi connectivity index (χ0v) is 10.2. The van der Waals surface area contributed by atoms with Crippen molar-refractivity contribution in [3.8, 4) is 11.1 Å². The van der Waals surface area contributed by atoms with Crippen molar-refractivity contribution in [1.82, 2.24) is 4.98 Å². The molecule has 1 aromatic heterocycles. The van der Waals surface area contributed by atoms with Gasteiger partial charge in [-0.3, -0.25) is 14.6 Å². The average molecular weight is 255 g/mol. The van der Waals surface area contributed by atoms with E-state index in [9.17, 15) is 9.59 Å². The fourth-order valence-electron chi connectivity index (χ4n) is 1.89. The molecule has 0 spiro atoms. The van der Waals surface area contributed by atoms with Crippen LogP contribution in [0, 0.1) is 0 Å². The normalized spacial score (nSPS) is 10.7. The molecular formula is C14H9NO2S. The molecule has 0 amide bonds. The van der Waals surface area contributed by atoms with Gasteiger partial charge in [-0.2, -0.15) is 0 Å². The van der Waals surface area contributed by atoms with Crippen LogP contribution in [0.5, 0.6) is 0 Å². The van der Waals surface area contributed by atoms with Crippen molar-refractivity contribution in [3.63, 3.8) is 0 Å². The van der Waals surface area contributed by atoms with Crippen LogP contribution in [0.25, 0.3) is 21.2 Å². The van der Waals surface area contributed by atoms with Crippen molar-refractivity contribution in [3.05, 3.63) is 68.6 Å². The quantitative estimate of drug-likeness (QED) is 0.726. The van der Waals surface area contributed by atoms with Crippen molar-refractivity contribution in [2.24, 2.45) is 0 Å². The van der Waals surface area contributed by atoms with Crippen molar-refractivity contribution in [2.75, 3.05) is 0 Å². The maximum atomic E-state index is 11.7. The van der Waals surface area contributed by atoms with Gasteiger partial charge in [-0.1, -0.05) is 47.7 Å². The van der Waals surface area contributed by atoms with E-state index in [4.69, 9.17) is 0 Å². The Morgan fingerprint density at radius 2 is 1.67 bits per heavy atom. The molecule has 3 rings (SSSR count). The van der Waals surface area contributed by atoms with Crippen LogP contribution in [-0.2, 0) is 0 Å². The van der Waals surface area contributed by atoms with Crippen LogP contribution in [0.3, 0.4) is 0 Å². The first-order valence-corrected chi connectivity index (χ1v) is 6.28. The Labute approximate surface area is 106 Å². The molecule has 0 bridgehead atoms. The standard InChI is InChI=1S/C14H9NO2S/c16-13-11-8-10(9-4-2-1-3-5-9)6-7-12(11)18-14(17)15-13/h1-8H,(H,15,16,17). The lowest BCUT2D eigenvalue weighted by molar-refractivity contribution is 1.25. The Balaban J connectivity index is 2.30. The first-order valence-electron chi connectivity index (χ1n) is 5.47. The Kier molecular flexibility index (Phi) is 2.57. The largest absolute Gasteiger partial charge is 0.307 e. The molecule has 0 aliphatic heterocycles. The van der Waals surface area contributed by atoms with Crippen LogP contribution in [-0.4, -0.2) is 4.98 Å². The predicted octanol–water partition coefficient (Wildman–Crippen LogP) is 2.62. The molecule has 1 heterocycles. The molecule has 18 heavy (non-hydrogen) atoms. The highest BCUT2D eigenvalue weighted by Gasteiger charge is 2.03. The van der Waals surface area contributed by atoms with Crippen LogP contribution < -0.4 is 10.4 Å². The second kappa shape index (κ2) is 4.23. The van der Waals surface area contributed by atoms with Crippen LogP contribution in [0.4, 0.5) is 0 Å². The fraction of sp³-hybridized carbons (Fsp3) is 0. The summed E-state index contributed by atoms with van der Waals surface area (Å²) in [7, 11) is 0. The van der Waals surface area contributed by atoms with Crippen LogP contribution in [0.2, 0.25) is 0 Å². The third kappa shape index (κ3) is 1.87. The molecular weight excluding hydrogens is 246 g/mol. The summed E-state index contributed by atoms with van der Waals surface area (Å²) in [5.41, 5.74) is 1.70. The molecule has 0 radical (unpaired) electrons. The topological polar surface area (TPSA) is 49.9 Å². The van der Waals surface area contributed by atoms with Gasteiger partial charge in [0.05, 0.1) is 5.39 Å². The molecule has 0 atom stereocenters. The van der Waals surface area contributed by atoms with E-state index < -0.39 is 0 Å². The monoisotopic (exact) mass is 255 g/mol. The molecule has 0 saturated carbocycles. The van der Waals surface area contributed by atoms with Gasteiger partial charge in [-0.15, -0.1) is 0 Å². The Bertz CT molecular complexity index is 818. The fourth-order valence-corrected chi connectivity index (χ4v) is 2.63. The number of fused-ring (bicyclic) bond motifs is 1. The lowest BCUT2D eigenvalue weighted by atomic mass is 10.0. The summed E-state index contributed by atoms with van der Waals surface area (Å²) in [6, 6.07) is 15.4. The number of rotatable bonds is 1. The highest BCUT2D eigenvalue weighted by molar-refractivity contribution is 7.15. The number of aromatic amines is 1. The van der Waals surface area contributed by atoms with E-state index in [2.05, 4.69) is 4.98 Å². The number of aromatic nitrogens is 1. The molecule has 3 aromatic rings. The van der Waals surface area contributed by atoms with Gasteiger partial charge in [-0.05, 0) is 23.3 Å². The molecule has 0 saturated heterocycles. The third-order valence-electron chi connectivity index (χ3n) is 2.75. The Morgan fingerprint density at radius 3 is 2.44 bits per heavy atom. The van der Waals surface area contributed by atoms with Gasteiger partial charge in [0, 0.05) is 4.70 Å². The number of nitrogens with one attached hydrogen (secondary N) is 1. The summed E-state index contributed by atoms with van der Waals surface area (Å²) < 4.78 is 0.712. The number of H-pyrrole nitrogens is 1. The first kappa shape index (κ1) is 10.9. The molecule has 3 nitrogen and oxygen atoms in total. The zero-order chi connectivity index (χ0) is 12.5. The summed E-state index contributed by atoms with van der Waals surface area (Å²) in [6.45, 7) is 0. The second-order valence-electron chi connectivity index (χ2n) is 3.92. The van der Waals surface area contributed by atoms with Crippen molar-refractivity contribution >= 4 is 21.4 Å². The number of benzene rings is 2. The SMILES string of the molecule is O=c1[nH]c(=O)c2cc(-c3ccccc3)ccc2s1. The summed E-state index contributed by atoms with van der Waals surface area (Å²) in [5, 5.41) is 0.556. The molecule has 2 aromatic carbocycles. The highest BCUT2D eigenvalue weighted by Crippen LogP contribution is 2.23. The first-order chi connectivity index (χ1) is 8.74. The minimum absolute atomic E-state index is 0.319.